The number of ketones is 1. The number of methoxy groups -OCH3 is 1. The number of aromatic nitrogens is 2. The van der Waals surface area contributed by atoms with Gasteiger partial charge in [0.1, 0.15) is 11.4 Å². The summed E-state index contributed by atoms with van der Waals surface area (Å²) in [4.78, 5) is 11.2. The monoisotopic (exact) mass is 190 g/mol. The van der Waals surface area contributed by atoms with E-state index >= 15 is 0 Å². The second-order valence-electron chi connectivity index (χ2n) is 3.04. The van der Waals surface area contributed by atoms with E-state index in [4.69, 9.17) is 4.74 Å². The summed E-state index contributed by atoms with van der Waals surface area (Å²) >= 11 is 0. The predicted octanol–water partition coefficient (Wildman–Crippen LogP) is 1.77. The molecule has 0 fully saturated rings. The Morgan fingerprint density at radius 1 is 1.50 bits per heavy atom. The number of aromatic amines is 1. The Kier molecular flexibility index (Phi) is 1.96. The molecule has 2 aromatic rings. The first-order chi connectivity index (χ1) is 6.72. The van der Waals surface area contributed by atoms with E-state index in [1.807, 2.05) is 18.2 Å². The SMILES string of the molecule is COc1ccc2c(C(C)=O)n[nH]c2c1. The fourth-order valence-electron chi connectivity index (χ4n) is 1.39. The normalized spacial score (nSPS) is 10.4. The molecule has 4 nitrogen and oxygen atoms in total. The van der Waals surface area contributed by atoms with E-state index in [-0.39, 0.29) is 5.78 Å². The van der Waals surface area contributed by atoms with Crippen LogP contribution in [0.25, 0.3) is 10.9 Å². The van der Waals surface area contributed by atoms with Gasteiger partial charge in [-0.3, -0.25) is 9.89 Å². The average molecular weight is 190 g/mol. The fraction of sp³-hybridized carbons (Fsp3) is 0.200. The third-order valence-electron chi connectivity index (χ3n) is 2.10. The molecule has 0 unspecified atom stereocenters. The molecular weight excluding hydrogens is 180 g/mol. The third kappa shape index (κ3) is 1.25. The zero-order valence-corrected chi connectivity index (χ0v) is 8.00. The average Bonchev–Trinajstić information content (AvgIpc) is 2.59. The first-order valence-electron chi connectivity index (χ1n) is 4.25. The zero-order chi connectivity index (χ0) is 10.1. The molecule has 1 N–H and O–H groups in total. The molecule has 72 valence electrons. The maximum Gasteiger partial charge on any atom is 0.180 e. The number of ether oxygens (including phenoxy) is 1. The Morgan fingerprint density at radius 2 is 2.29 bits per heavy atom. The van der Waals surface area contributed by atoms with Crippen molar-refractivity contribution in [3.63, 3.8) is 0 Å². The van der Waals surface area contributed by atoms with E-state index in [0.29, 0.717) is 5.69 Å². The van der Waals surface area contributed by atoms with Crippen molar-refractivity contribution in [3.05, 3.63) is 23.9 Å². The summed E-state index contributed by atoms with van der Waals surface area (Å²) in [6.45, 7) is 1.50. The zero-order valence-electron chi connectivity index (χ0n) is 8.00. The Morgan fingerprint density at radius 3 is 2.93 bits per heavy atom. The van der Waals surface area contributed by atoms with E-state index in [2.05, 4.69) is 10.2 Å². The quantitative estimate of drug-likeness (QED) is 0.734. The molecule has 1 aromatic carbocycles. The first kappa shape index (κ1) is 8.74. The van der Waals surface area contributed by atoms with Crippen molar-refractivity contribution in [1.29, 1.82) is 0 Å². The van der Waals surface area contributed by atoms with Crippen LogP contribution in [0.3, 0.4) is 0 Å². The van der Waals surface area contributed by atoms with Gasteiger partial charge >= 0.3 is 0 Å². The van der Waals surface area contributed by atoms with Gasteiger partial charge in [-0.1, -0.05) is 0 Å². The van der Waals surface area contributed by atoms with Gasteiger partial charge < -0.3 is 4.74 Å². The van der Waals surface area contributed by atoms with Crippen LogP contribution in [0.15, 0.2) is 18.2 Å². The van der Waals surface area contributed by atoms with Gasteiger partial charge in [0.2, 0.25) is 0 Å². The Bertz CT molecular complexity index is 488. The minimum Gasteiger partial charge on any atom is -0.497 e. The van der Waals surface area contributed by atoms with Crippen molar-refractivity contribution in [1.82, 2.24) is 10.2 Å². The van der Waals surface area contributed by atoms with Crippen molar-refractivity contribution < 1.29 is 9.53 Å². The molecule has 14 heavy (non-hydrogen) atoms. The molecule has 0 aliphatic rings. The molecule has 0 radical (unpaired) electrons. The van der Waals surface area contributed by atoms with Crippen molar-refractivity contribution in [2.45, 2.75) is 6.92 Å². The number of Topliss-reactive ketones (excluding diaryl/α,β-unsaturated/α-hetero) is 1. The van der Waals surface area contributed by atoms with Gasteiger partial charge in [0.25, 0.3) is 0 Å². The summed E-state index contributed by atoms with van der Waals surface area (Å²) in [7, 11) is 1.60. The minimum absolute atomic E-state index is 0.0404. The summed E-state index contributed by atoms with van der Waals surface area (Å²) in [6, 6.07) is 5.45. The van der Waals surface area contributed by atoms with Gasteiger partial charge in [0.15, 0.2) is 5.78 Å². The molecule has 0 aliphatic heterocycles. The van der Waals surface area contributed by atoms with E-state index in [1.54, 1.807) is 7.11 Å². The van der Waals surface area contributed by atoms with Gasteiger partial charge in [-0.15, -0.1) is 0 Å². The summed E-state index contributed by atoms with van der Waals surface area (Å²) in [5.74, 6) is 0.706. The maximum atomic E-state index is 11.2. The predicted molar refractivity (Wildman–Crippen MR) is 52.7 cm³/mol. The lowest BCUT2D eigenvalue weighted by Gasteiger charge is -1.97. The number of fused-ring (bicyclic) bond motifs is 1. The van der Waals surface area contributed by atoms with Crippen LogP contribution in [0.5, 0.6) is 5.75 Å². The van der Waals surface area contributed by atoms with Crippen LogP contribution >= 0.6 is 0 Å². The molecule has 1 heterocycles. The highest BCUT2D eigenvalue weighted by Crippen LogP contribution is 2.21. The highest BCUT2D eigenvalue weighted by Gasteiger charge is 2.09. The minimum atomic E-state index is -0.0404. The third-order valence-corrected chi connectivity index (χ3v) is 2.10. The number of nitrogens with zero attached hydrogens (tertiary/aromatic N) is 1. The molecule has 0 aliphatic carbocycles. The van der Waals surface area contributed by atoms with Gasteiger partial charge in [-0.2, -0.15) is 5.10 Å². The number of hydrogen-bond acceptors (Lipinski definition) is 3. The summed E-state index contributed by atoms with van der Waals surface area (Å²) in [6.07, 6.45) is 0. The largest absolute Gasteiger partial charge is 0.497 e. The second kappa shape index (κ2) is 3.14. The smallest absolute Gasteiger partial charge is 0.180 e. The van der Waals surface area contributed by atoms with Crippen LogP contribution in [0.2, 0.25) is 0 Å². The maximum absolute atomic E-state index is 11.2. The highest BCUT2D eigenvalue weighted by atomic mass is 16.5. The van der Waals surface area contributed by atoms with Crippen LogP contribution in [0, 0.1) is 0 Å². The molecular formula is C10H10N2O2. The van der Waals surface area contributed by atoms with E-state index in [0.717, 1.165) is 16.7 Å². The van der Waals surface area contributed by atoms with Crippen LogP contribution in [0.4, 0.5) is 0 Å². The number of H-pyrrole nitrogens is 1. The van der Waals surface area contributed by atoms with Gasteiger partial charge in [-0.05, 0) is 12.1 Å². The van der Waals surface area contributed by atoms with Crippen LogP contribution in [-0.4, -0.2) is 23.1 Å². The molecule has 1 aromatic heterocycles. The highest BCUT2D eigenvalue weighted by molar-refractivity contribution is 6.04. The number of rotatable bonds is 2. The van der Waals surface area contributed by atoms with Gasteiger partial charge in [0, 0.05) is 18.4 Å². The first-order valence-corrected chi connectivity index (χ1v) is 4.25. The fourth-order valence-corrected chi connectivity index (χ4v) is 1.39. The molecule has 0 atom stereocenters. The number of hydrogen-bond donors (Lipinski definition) is 1. The number of carbonyl (C=O) groups excluding carboxylic acids is 1. The molecule has 0 bridgehead atoms. The van der Waals surface area contributed by atoms with Crippen LogP contribution in [-0.2, 0) is 0 Å². The molecule has 2 rings (SSSR count). The van der Waals surface area contributed by atoms with Crippen molar-refractivity contribution in [2.75, 3.05) is 7.11 Å². The van der Waals surface area contributed by atoms with Crippen molar-refractivity contribution >= 4 is 16.7 Å². The van der Waals surface area contributed by atoms with E-state index < -0.39 is 0 Å². The van der Waals surface area contributed by atoms with Gasteiger partial charge in [-0.25, -0.2) is 0 Å². The second-order valence-corrected chi connectivity index (χ2v) is 3.04. The molecule has 0 saturated carbocycles. The Labute approximate surface area is 80.9 Å². The van der Waals surface area contributed by atoms with Crippen LogP contribution < -0.4 is 4.74 Å². The molecule has 0 spiro atoms. The number of benzene rings is 1. The Balaban J connectivity index is 2.65. The standard InChI is InChI=1S/C10H10N2O2/c1-6(13)10-8-4-3-7(14-2)5-9(8)11-12-10/h3-5H,1-2H3,(H,11,12). The van der Waals surface area contributed by atoms with Crippen molar-refractivity contribution in [2.24, 2.45) is 0 Å². The Hall–Kier alpha value is -1.84. The summed E-state index contributed by atoms with van der Waals surface area (Å²) < 4.78 is 5.06. The lowest BCUT2D eigenvalue weighted by Crippen LogP contribution is -1.92. The van der Waals surface area contributed by atoms with E-state index in [9.17, 15) is 4.79 Å². The summed E-state index contributed by atoms with van der Waals surface area (Å²) in [5, 5.41) is 7.57. The topological polar surface area (TPSA) is 55.0 Å². The van der Waals surface area contributed by atoms with Gasteiger partial charge in [0.05, 0.1) is 12.6 Å². The molecule has 0 amide bonds. The molecule has 4 heteroatoms. The molecule has 0 saturated heterocycles. The number of nitrogens with one attached hydrogen (secondary N) is 1. The van der Waals surface area contributed by atoms with E-state index in [1.165, 1.54) is 6.92 Å². The lowest BCUT2D eigenvalue weighted by atomic mass is 10.1. The lowest BCUT2D eigenvalue weighted by molar-refractivity contribution is 0.101. The summed E-state index contributed by atoms with van der Waals surface area (Å²) in [5.41, 5.74) is 1.29. The number of carbonyl (C=O) groups is 1. The van der Waals surface area contributed by atoms with Crippen LogP contribution in [0.1, 0.15) is 17.4 Å². The van der Waals surface area contributed by atoms with Crippen molar-refractivity contribution in [3.8, 4) is 5.75 Å².